The van der Waals surface area contributed by atoms with Gasteiger partial charge in [0.25, 0.3) is 0 Å². The third-order valence-electron chi connectivity index (χ3n) is 4.68. The van der Waals surface area contributed by atoms with E-state index in [1.54, 1.807) is 36.5 Å². The molecule has 1 heterocycles. The van der Waals surface area contributed by atoms with E-state index in [0.717, 1.165) is 10.9 Å². The van der Waals surface area contributed by atoms with Gasteiger partial charge in [-0.25, -0.2) is 13.6 Å². The van der Waals surface area contributed by atoms with Crippen molar-refractivity contribution < 1.29 is 13.6 Å². The molecule has 0 unspecified atom stereocenters. The lowest BCUT2D eigenvalue weighted by molar-refractivity contribution is -0.0867. The van der Waals surface area contributed by atoms with Crippen LogP contribution in [0.5, 0.6) is 0 Å². The molecule has 0 radical (unpaired) electrons. The van der Waals surface area contributed by atoms with Crippen LogP contribution in [0.25, 0.3) is 10.9 Å². The van der Waals surface area contributed by atoms with E-state index in [9.17, 15) is 13.6 Å². The predicted octanol–water partition coefficient (Wildman–Crippen LogP) is 6.63. The Kier molecular flexibility index (Phi) is 4.48. The Balaban J connectivity index is 1.45. The summed E-state index contributed by atoms with van der Waals surface area (Å²) >= 11 is 12.2. The third-order valence-corrected chi connectivity index (χ3v) is 5.24. The molecule has 4 rings (SSSR count). The number of fused-ring (bicyclic) bond motifs is 1. The second-order valence-electron chi connectivity index (χ2n) is 6.67. The van der Waals surface area contributed by atoms with Crippen molar-refractivity contribution in [2.45, 2.75) is 24.7 Å². The number of carbonyl (C=O) groups excluding carboxylic acids is 1. The van der Waals surface area contributed by atoms with E-state index in [4.69, 9.17) is 23.2 Å². The molecule has 0 atom stereocenters. The lowest BCUT2D eigenvalue weighted by Gasteiger charge is -2.35. The van der Waals surface area contributed by atoms with Crippen LogP contribution < -0.4 is 10.6 Å². The number of alkyl halides is 2. The van der Waals surface area contributed by atoms with Gasteiger partial charge in [0.1, 0.15) is 0 Å². The van der Waals surface area contributed by atoms with Gasteiger partial charge in [0.05, 0.1) is 5.69 Å². The molecule has 3 N–H and O–H groups in total. The van der Waals surface area contributed by atoms with Gasteiger partial charge in [0.2, 0.25) is 5.92 Å². The molecule has 1 aliphatic carbocycles. The van der Waals surface area contributed by atoms with Gasteiger partial charge < -0.3 is 15.6 Å². The minimum Gasteiger partial charge on any atom is -0.359 e. The van der Waals surface area contributed by atoms with Gasteiger partial charge in [0.15, 0.2) is 0 Å². The molecule has 2 amide bonds. The van der Waals surface area contributed by atoms with E-state index >= 15 is 0 Å². The van der Waals surface area contributed by atoms with Gasteiger partial charge in [0, 0.05) is 45.7 Å². The van der Waals surface area contributed by atoms with Crippen LogP contribution in [0.2, 0.25) is 10.0 Å². The van der Waals surface area contributed by atoms with Crippen LogP contribution in [-0.2, 0) is 0 Å². The smallest absolute Gasteiger partial charge is 0.323 e. The van der Waals surface area contributed by atoms with Crippen molar-refractivity contribution >= 4 is 51.5 Å². The third kappa shape index (κ3) is 3.73. The fourth-order valence-electron chi connectivity index (χ4n) is 3.30. The quantitative estimate of drug-likeness (QED) is 0.446. The number of aromatic nitrogens is 1. The highest BCUT2D eigenvalue weighted by molar-refractivity contribution is 6.32. The predicted molar refractivity (Wildman–Crippen MR) is 104 cm³/mol. The number of anilines is 2. The zero-order chi connectivity index (χ0) is 19.2. The lowest BCUT2D eigenvalue weighted by atomic mass is 9.77. The number of amides is 2. The fourth-order valence-corrected chi connectivity index (χ4v) is 3.80. The number of halogens is 4. The maximum absolute atomic E-state index is 13.1. The molecule has 0 saturated heterocycles. The van der Waals surface area contributed by atoms with Gasteiger partial charge in [-0.1, -0.05) is 29.3 Å². The van der Waals surface area contributed by atoms with Crippen LogP contribution in [0, 0.1) is 0 Å². The number of hydrogen-bond donors (Lipinski definition) is 3. The minimum absolute atomic E-state index is 0.191. The Labute approximate surface area is 163 Å². The van der Waals surface area contributed by atoms with E-state index in [0.29, 0.717) is 27.0 Å². The summed E-state index contributed by atoms with van der Waals surface area (Å²) in [4.78, 5) is 15.3. The summed E-state index contributed by atoms with van der Waals surface area (Å²) in [6.45, 7) is 0. The number of benzene rings is 2. The number of rotatable bonds is 3. The van der Waals surface area contributed by atoms with Crippen molar-refractivity contribution in [1.29, 1.82) is 0 Å². The normalized spacial score (nSPS) is 16.1. The molecule has 3 aromatic rings. The Morgan fingerprint density at radius 2 is 1.89 bits per heavy atom. The Morgan fingerprint density at radius 1 is 1.11 bits per heavy atom. The Hall–Kier alpha value is -2.31. The molecular formula is C19H15Cl2F2N3O. The van der Waals surface area contributed by atoms with Crippen LogP contribution >= 0.6 is 23.2 Å². The standard InChI is InChI=1S/C19H15Cl2F2N3O/c20-11-1-4-16-14(5-11)17(9-24-16)26-18(27)25-12-2-3-13(15(21)6-12)10-7-19(22,23)8-10/h1-6,9-10,24H,7-8H2,(H2,25,26,27). The molecule has 8 heteroatoms. The van der Waals surface area contributed by atoms with Crippen LogP contribution in [0.4, 0.5) is 25.0 Å². The van der Waals surface area contributed by atoms with E-state index in [1.807, 2.05) is 6.07 Å². The summed E-state index contributed by atoms with van der Waals surface area (Å²) in [5.41, 5.74) is 2.59. The van der Waals surface area contributed by atoms with Crippen molar-refractivity contribution in [1.82, 2.24) is 4.98 Å². The van der Waals surface area contributed by atoms with E-state index in [1.165, 1.54) is 0 Å². The Bertz CT molecular complexity index is 1030. The van der Waals surface area contributed by atoms with Crippen molar-refractivity contribution in [3.8, 4) is 0 Å². The largest absolute Gasteiger partial charge is 0.359 e. The molecular weight excluding hydrogens is 395 g/mol. The zero-order valence-corrected chi connectivity index (χ0v) is 15.5. The molecule has 27 heavy (non-hydrogen) atoms. The first-order valence-corrected chi connectivity index (χ1v) is 9.08. The molecule has 1 aliphatic rings. The molecule has 4 nitrogen and oxygen atoms in total. The molecule has 0 spiro atoms. The highest BCUT2D eigenvalue weighted by Gasteiger charge is 2.46. The monoisotopic (exact) mass is 409 g/mol. The van der Waals surface area contributed by atoms with Crippen molar-refractivity contribution in [2.24, 2.45) is 0 Å². The summed E-state index contributed by atoms with van der Waals surface area (Å²) in [5, 5.41) is 7.16. The van der Waals surface area contributed by atoms with Gasteiger partial charge >= 0.3 is 6.03 Å². The van der Waals surface area contributed by atoms with Crippen LogP contribution in [0.3, 0.4) is 0 Å². The second-order valence-corrected chi connectivity index (χ2v) is 7.51. The van der Waals surface area contributed by atoms with Gasteiger partial charge in [-0.3, -0.25) is 0 Å². The zero-order valence-electron chi connectivity index (χ0n) is 14.0. The average molecular weight is 410 g/mol. The molecule has 1 aromatic heterocycles. The summed E-state index contributed by atoms with van der Waals surface area (Å²) in [7, 11) is 0. The Morgan fingerprint density at radius 3 is 2.59 bits per heavy atom. The first-order chi connectivity index (χ1) is 12.8. The number of hydrogen-bond acceptors (Lipinski definition) is 1. The number of H-pyrrole nitrogens is 1. The van der Waals surface area contributed by atoms with Crippen molar-refractivity contribution in [3.63, 3.8) is 0 Å². The van der Waals surface area contributed by atoms with Gasteiger partial charge in [-0.2, -0.15) is 0 Å². The van der Waals surface area contributed by atoms with E-state index in [-0.39, 0.29) is 18.8 Å². The van der Waals surface area contributed by atoms with E-state index in [2.05, 4.69) is 15.6 Å². The highest BCUT2D eigenvalue weighted by Crippen LogP contribution is 2.50. The van der Waals surface area contributed by atoms with Crippen LogP contribution in [0.1, 0.15) is 24.3 Å². The molecule has 1 saturated carbocycles. The maximum atomic E-state index is 13.1. The summed E-state index contributed by atoms with van der Waals surface area (Å²) < 4.78 is 26.1. The topological polar surface area (TPSA) is 56.9 Å². The molecule has 0 bridgehead atoms. The highest BCUT2D eigenvalue weighted by atomic mass is 35.5. The van der Waals surface area contributed by atoms with Crippen molar-refractivity contribution in [3.05, 3.63) is 58.2 Å². The molecule has 2 aromatic carbocycles. The van der Waals surface area contributed by atoms with Crippen LogP contribution in [0.15, 0.2) is 42.6 Å². The van der Waals surface area contributed by atoms with Crippen LogP contribution in [-0.4, -0.2) is 16.9 Å². The lowest BCUT2D eigenvalue weighted by Crippen LogP contribution is -2.33. The van der Waals surface area contributed by atoms with Gasteiger partial charge in [-0.15, -0.1) is 0 Å². The number of aromatic amines is 1. The minimum atomic E-state index is -2.60. The van der Waals surface area contributed by atoms with E-state index < -0.39 is 12.0 Å². The summed E-state index contributed by atoms with van der Waals surface area (Å²) in [5.74, 6) is -2.85. The first-order valence-electron chi connectivity index (χ1n) is 8.33. The maximum Gasteiger partial charge on any atom is 0.323 e. The molecule has 140 valence electrons. The SMILES string of the molecule is O=C(Nc1ccc(C2CC(F)(F)C2)c(Cl)c1)Nc1c[nH]c2ccc(Cl)cc12. The molecule has 0 aliphatic heterocycles. The molecule has 1 fully saturated rings. The number of nitrogens with one attached hydrogen (secondary N) is 3. The van der Waals surface area contributed by atoms with Crippen molar-refractivity contribution in [2.75, 3.05) is 10.6 Å². The summed E-state index contributed by atoms with van der Waals surface area (Å²) in [6, 6.07) is 9.79. The first kappa shape index (κ1) is 18.1. The summed E-state index contributed by atoms with van der Waals surface area (Å²) in [6.07, 6.45) is 1.29. The number of carbonyl (C=O) groups is 1. The average Bonchev–Trinajstić information content (AvgIpc) is 2.95. The fraction of sp³-hybridized carbons (Fsp3) is 0.211. The number of urea groups is 1. The second kappa shape index (κ2) is 6.69. The van der Waals surface area contributed by atoms with Gasteiger partial charge in [-0.05, 0) is 41.8 Å².